The van der Waals surface area contributed by atoms with Crippen LogP contribution in [-0.2, 0) is 0 Å². The Morgan fingerprint density at radius 1 is 1.21 bits per heavy atom. The summed E-state index contributed by atoms with van der Waals surface area (Å²) in [6.45, 7) is 0. The van der Waals surface area contributed by atoms with Crippen LogP contribution in [-0.4, -0.2) is 18.0 Å². The van der Waals surface area contributed by atoms with E-state index in [1.54, 1.807) is 41.9 Å². The Balaban J connectivity index is 1.82. The zero-order valence-electron chi connectivity index (χ0n) is 15.1. The predicted octanol–water partition coefficient (Wildman–Crippen LogP) is 4.15. The van der Waals surface area contributed by atoms with Crippen molar-refractivity contribution < 1.29 is 18.3 Å². The van der Waals surface area contributed by atoms with Crippen LogP contribution in [0.5, 0.6) is 5.75 Å². The number of ether oxygens (including phenoxy) is 1. The average Bonchev–Trinajstić information content (AvgIpc) is 3.34. The zero-order chi connectivity index (χ0) is 20.1. The quantitative estimate of drug-likeness (QED) is 0.509. The van der Waals surface area contributed by atoms with Crippen LogP contribution in [0.25, 0.3) is 11.0 Å². The van der Waals surface area contributed by atoms with Crippen LogP contribution in [0.4, 0.5) is 9.52 Å². The van der Waals surface area contributed by atoms with Gasteiger partial charge in [0.2, 0.25) is 5.76 Å². The number of benzene rings is 2. The van der Waals surface area contributed by atoms with Crippen LogP contribution in [0.1, 0.15) is 27.7 Å². The number of thiazole rings is 1. The van der Waals surface area contributed by atoms with Crippen molar-refractivity contribution in [1.29, 1.82) is 0 Å². The van der Waals surface area contributed by atoms with Gasteiger partial charge in [0.15, 0.2) is 10.6 Å². The van der Waals surface area contributed by atoms with Gasteiger partial charge in [0.1, 0.15) is 17.1 Å². The molecule has 8 heteroatoms. The van der Waals surface area contributed by atoms with Crippen LogP contribution >= 0.6 is 11.3 Å². The summed E-state index contributed by atoms with van der Waals surface area (Å²) in [4.78, 5) is 32.2. The van der Waals surface area contributed by atoms with Crippen LogP contribution < -0.4 is 15.1 Å². The second-order valence-electron chi connectivity index (χ2n) is 6.48. The summed E-state index contributed by atoms with van der Waals surface area (Å²) < 4.78 is 25.0. The van der Waals surface area contributed by atoms with E-state index >= 15 is 0 Å². The minimum Gasteiger partial charge on any atom is -0.497 e. The fourth-order valence-corrected chi connectivity index (χ4v) is 4.27. The van der Waals surface area contributed by atoms with Gasteiger partial charge in [-0.1, -0.05) is 12.1 Å². The highest BCUT2D eigenvalue weighted by Gasteiger charge is 2.44. The van der Waals surface area contributed by atoms with Crippen molar-refractivity contribution in [3.8, 4) is 5.75 Å². The molecule has 1 aliphatic rings. The first-order chi connectivity index (χ1) is 14.1. The molecule has 29 heavy (non-hydrogen) atoms. The molecule has 1 aliphatic heterocycles. The molecule has 0 bridgehead atoms. The Kier molecular flexibility index (Phi) is 3.95. The maximum atomic E-state index is 14.0. The van der Waals surface area contributed by atoms with Crippen molar-refractivity contribution >= 4 is 33.3 Å². The fourth-order valence-electron chi connectivity index (χ4n) is 3.60. The van der Waals surface area contributed by atoms with Gasteiger partial charge in [0, 0.05) is 17.6 Å². The van der Waals surface area contributed by atoms with Gasteiger partial charge < -0.3 is 9.15 Å². The number of amides is 1. The molecule has 1 atom stereocenters. The van der Waals surface area contributed by atoms with Gasteiger partial charge >= 0.3 is 0 Å². The standard InChI is InChI=1S/C21H13FN2O4S/c1-27-13-5-6-14-15(10-13)28-19-16(18(14)25)17(11-3-2-4-12(22)9-11)24(20(19)26)21-23-7-8-29-21/h2-10,17H,1H3. The number of fused-ring (bicyclic) bond motifs is 2. The summed E-state index contributed by atoms with van der Waals surface area (Å²) in [6, 6.07) is 9.82. The highest BCUT2D eigenvalue weighted by atomic mass is 32.1. The molecule has 5 rings (SSSR count). The van der Waals surface area contributed by atoms with Gasteiger partial charge in [0.05, 0.1) is 24.1 Å². The smallest absolute Gasteiger partial charge is 0.297 e. The molecule has 1 amide bonds. The molecule has 0 saturated heterocycles. The molecular formula is C21H13FN2O4S. The van der Waals surface area contributed by atoms with Crippen molar-refractivity contribution in [3.63, 3.8) is 0 Å². The van der Waals surface area contributed by atoms with Gasteiger partial charge in [-0.3, -0.25) is 14.5 Å². The Morgan fingerprint density at radius 3 is 2.79 bits per heavy atom. The number of nitrogens with zero attached hydrogens (tertiary/aromatic N) is 2. The summed E-state index contributed by atoms with van der Waals surface area (Å²) >= 11 is 1.25. The lowest BCUT2D eigenvalue weighted by molar-refractivity contribution is 0.0971. The van der Waals surface area contributed by atoms with E-state index in [0.717, 1.165) is 0 Å². The molecule has 2 aromatic heterocycles. The summed E-state index contributed by atoms with van der Waals surface area (Å²) in [6.07, 6.45) is 1.56. The monoisotopic (exact) mass is 408 g/mol. The minimum absolute atomic E-state index is 0.0692. The van der Waals surface area contributed by atoms with E-state index in [0.29, 0.717) is 21.8 Å². The lowest BCUT2D eigenvalue weighted by atomic mass is 9.98. The number of carbonyl (C=O) groups is 1. The Hall–Kier alpha value is -3.52. The van der Waals surface area contributed by atoms with Crippen molar-refractivity contribution in [2.75, 3.05) is 12.0 Å². The van der Waals surface area contributed by atoms with Crippen molar-refractivity contribution in [2.24, 2.45) is 0 Å². The van der Waals surface area contributed by atoms with E-state index in [1.807, 2.05) is 0 Å². The number of aromatic nitrogens is 1. The lowest BCUT2D eigenvalue weighted by Gasteiger charge is -2.22. The van der Waals surface area contributed by atoms with E-state index < -0.39 is 17.8 Å². The Labute approximate surface area is 167 Å². The molecule has 2 aromatic carbocycles. The second kappa shape index (κ2) is 6.52. The van der Waals surface area contributed by atoms with Gasteiger partial charge in [-0.25, -0.2) is 9.37 Å². The third-order valence-corrected chi connectivity index (χ3v) is 5.64. The van der Waals surface area contributed by atoms with Crippen LogP contribution in [0.15, 0.2) is 63.3 Å². The lowest BCUT2D eigenvalue weighted by Crippen LogP contribution is -2.29. The van der Waals surface area contributed by atoms with Gasteiger partial charge in [-0.2, -0.15) is 0 Å². The van der Waals surface area contributed by atoms with Crippen molar-refractivity contribution in [3.05, 3.63) is 87.0 Å². The van der Waals surface area contributed by atoms with Gasteiger partial charge in [-0.15, -0.1) is 11.3 Å². The van der Waals surface area contributed by atoms with Crippen molar-refractivity contribution in [1.82, 2.24) is 4.98 Å². The topological polar surface area (TPSA) is 72.6 Å². The first kappa shape index (κ1) is 17.6. The number of rotatable bonds is 3. The number of halogens is 1. The molecule has 144 valence electrons. The largest absolute Gasteiger partial charge is 0.497 e. The van der Waals surface area contributed by atoms with Crippen LogP contribution in [0, 0.1) is 5.82 Å². The molecular weight excluding hydrogens is 395 g/mol. The van der Waals surface area contributed by atoms with Crippen molar-refractivity contribution in [2.45, 2.75) is 6.04 Å². The first-order valence-corrected chi connectivity index (χ1v) is 9.59. The molecule has 1 unspecified atom stereocenters. The molecule has 0 aliphatic carbocycles. The fraction of sp³-hybridized carbons (Fsp3) is 0.0952. The molecule has 6 nitrogen and oxygen atoms in total. The van der Waals surface area contributed by atoms with Gasteiger partial charge in [0.25, 0.3) is 5.91 Å². The molecule has 0 spiro atoms. The third-order valence-electron chi connectivity index (χ3n) is 4.87. The van der Waals surface area contributed by atoms with E-state index in [-0.39, 0.29) is 22.3 Å². The zero-order valence-corrected chi connectivity index (χ0v) is 15.9. The number of methoxy groups -OCH3 is 1. The highest BCUT2D eigenvalue weighted by molar-refractivity contribution is 7.13. The average molecular weight is 408 g/mol. The molecule has 0 N–H and O–H groups in total. The third kappa shape index (κ3) is 2.64. The normalized spacial score (nSPS) is 15.7. The Morgan fingerprint density at radius 2 is 2.07 bits per heavy atom. The molecule has 0 radical (unpaired) electrons. The Bertz CT molecular complexity index is 1320. The highest BCUT2D eigenvalue weighted by Crippen LogP contribution is 2.42. The minimum atomic E-state index is -0.831. The summed E-state index contributed by atoms with van der Waals surface area (Å²) in [7, 11) is 1.50. The summed E-state index contributed by atoms with van der Waals surface area (Å²) in [5.41, 5.74) is 0.548. The van der Waals surface area contributed by atoms with E-state index in [2.05, 4.69) is 4.98 Å². The molecule has 4 aromatic rings. The number of hydrogen-bond acceptors (Lipinski definition) is 6. The predicted molar refractivity (Wildman–Crippen MR) is 106 cm³/mol. The molecule has 0 saturated carbocycles. The van der Waals surface area contributed by atoms with E-state index in [4.69, 9.17) is 9.15 Å². The SMILES string of the molecule is COc1ccc2c(=O)c3c(oc2c1)C(=O)N(c1nccs1)C3c1cccc(F)c1. The first-order valence-electron chi connectivity index (χ1n) is 8.71. The number of hydrogen-bond donors (Lipinski definition) is 0. The molecule has 0 fully saturated rings. The number of anilines is 1. The van der Waals surface area contributed by atoms with E-state index in [1.165, 1.54) is 35.5 Å². The maximum Gasteiger partial charge on any atom is 0.297 e. The number of carbonyl (C=O) groups excluding carboxylic acids is 1. The second-order valence-corrected chi connectivity index (χ2v) is 7.36. The van der Waals surface area contributed by atoms with Crippen LogP contribution in [0.3, 0.4) is 0 Å². The van der Waals surface area contributed by atoms with E-state index in [9.17, 15) is 14.0 Å². The summed E-state index contributed by atoms with van der Waals surface area (Å²) in [5, 5.41) is 2.45. The maximum absolute atomic E-state index is 14.0. The molecule has 3 heterocycles. The van der Waals surface area contributed by atoms with Gasteiger partial charge in [-0.05, 0) is 29.8 Å². The summed E-state index contributed by atoms with van der Waals surface area (Å²) in [5.74, 6) is -0.520. The van der Waals surface area contributed by atoms with Crippen LogP contribution in [0.2, 0.25) is 0 Å².